The van der Waals surface area contributed by atoms with Crippen LogP contribution in [0.15, 0.2) is 35.5 Å². The van der Waals surface area contributed by atoms with Crippen molar-refractivity contribution in [3.05, 3.63) is 36.0 Å². The van der Waals surface area contributed by atoms with Crippen LogP contribution in [0.1, 0.15) is 57.4 Å². The van der Waals surface area contributed by atoms with Gasteiger partial charge in [-0.05, 0) is 63.5 Å². The van der Waals surface area contributed by atoms with Gasteiger partial charge in [0, 0.05) is 48.2 Å². The first-order valence-corrected chi connectivity index (χ1v) is 11.6. The third-order valence-electron chi connectivity index (χ3n) is 6.20. The number of amides is 1. The molecular formula is C24H35N5O. The van der Waals surface area contributed by atoms with E-state index in [-0.39, 0.29) is 11.8 Å². The molecule has 6 nitrogen and oxygen atoms in total. The molecule has 4 N–H and O–H groups in total. The molecule has 6 heteroatoms. The molecule has 1 amide bonds. The molecule has 4 rings (SSSR count). The lowest BCUT2D eigenvalue weighted by atomic mass is 9.85. The first kappa shape index (κ1) is 20.8. The molecule has 162 valence electrons. The van der Waals surface area contributed by atoms with Crippen molar-refractivity contribution < 1.29 is 4.79 Å². The van der Waals surface area contributed by atoms with Crippen LogP contribution in [0.3, 0.4) is 0 Å². The van der Waals surface area contributed by atoms with E-state index < -0.39 is 0 Å². The number of carbonyl (C=O) groups excluding carboxylic acids is 1. The number of para-hydroxylation sites is 1. The Labute approximate surface area is 179 Å². The van der Waals surface area contributed by atoms with Crippen LogP contribution in [-0.2, 0) is 11.2 Å². The monoisotopic (exact) mass is 409 g/mol. The van der Waals surface area contributed by atoms with E-state index in [1.165, 1.54) is 16.5 Å². The van der Waals surface area contributed by atoms with Gasteiger partial charge in [-0.3, -0.25) is 9.79 Å². The fourth-order valence-electron chi connectivity index (χ4n) is 4.42. The Morgan fingerprint density at radius 1 is 1.13 bits per heavy atom. The molecule has 2 aliphatic carbocycles. The summed E-state index contributed by atoms with van der Waals surface area (Å²) >= 11 is 0. The average Bonchev–Trinajstić information content (AvgIpc) is 3.48. The maximum Gasteiger partial charge on any atom is 0.223 e. The van der Waals surface area contributed by atoms with Gasteiger partial charge in [0.1, 0.15) is 0 Å². The van der Waals surface area contributed by atoms with Crippen molar-refractivity contribution in [1.29, 1.82) is 0 Å². The highest BCUT2D eigenvalue weighted by Gasteiger charge is 2.31. The summed E-state index contributed by atoms with van der Waals surface area (Å²) < 4.78 is 0. The molecule has 2 fully saturated rings. The number of guanidine groups is 1. The SMILES string of the molecule is CCNC(=NCCCc1c[nH]c2ccccc12)NC1CCCC(C(=O)NC2CC2)C1. The fourth-order valence-corrected chi connectivity index (χ4v) is 4.42. The van der Waals surface area contributed by atoms with E-state index in [0.29, 0.717) is 12.1 Å². The molecule has 2 saturated carbocycles. The van der Waals surface area contributed by atoms with Crippen LogP contribution < -0.4 is 16.0 Å². The van der Waals surface area contributed by atoms with Crippen molar-refractivity contribution in [3.8, 4) is 0 Å². The minimum absolute atomic E-state index is 0.140. The zero-order valence-corrected chi connectivity index (χ0v) is 18.0. The lowest BCUT2D eigenvalue weighted by molar-refractivity contribution is -0.126. The Morgan fingerprint density at radius 2 is 2.00 bits per heavy atom. The van der Waals surface area contributed by atoms with E-state index in [1.54, 1.807) is 0 Å². The number of aromatic nitrogens is 1. The minimum Gasteiger partial charge on any atom is -0.361 e. The molecule has 0 saturated heterocycles. The third-order valence-corrected chi connectivity index (χ3v) is 6.20. The summed E-state index contributed by atoms with van der Waals surface area (Å²) in [6.07, 6.45) is 10.6. The Kier molecular flexibility index (Phi) is 6.92. The van der Waals surface area contributed by atoms with Gasteiger partial charge in [-0.15, -0.1) is 0 Å². The topological polar surface area (TPSA) is 81.3 Å². The number of aryl methyl sites for hydroxylation is 1. The number of fused-ring (bicyclic) bond motifs is 1. The largest absolute Gasteiger partial charge is 0.361 e. The average molecular weight is 410 g/mol. The lowest BCUT2D eigenvalue weighted by Crippen LogP contribution is -2.47. The van der Waals surface area contributed by atoms with Crippen molar-refractivity contribution in [2.75, 3.05) is 13.1 Å². The normalized spacial score (nSPS) is 22.1. The van der Waals surface area contributed by atoms with Crippen LogP contribution in [0.25, 0.3) is 10.9 Å². The van der Waals surface area contributed by atoms with Gasteiger partial charge in [-0.25, -0.2) is 0 Å². The van der Waals surface area contributed by atoms with Crippen molar-refractivity contribution in [3.63, 3.8) is 0 Å². The summed E-state index contributed by atoms with van der Waals surface area (Å²) in [6, 6.07) is 9.21. The fraction of sp³-hybridized carbons (Fsp3) is 0.583. The predicted molar refractivity (Wildman–Crippen MR) is 123 cm³/mol. The molecule has 0 aliphatic heterocycles. The number of hydrogen-bond donors (Lipinski definition) is 4. The van der Waals surface area contributed by atoms with Crippen LogP contribution in [0.2, 0.25) is 0 Å². The van der Waals surface area contributed by atoms with E-state index in [2.05, 4.69) is 58.3 Å². The molecule has 0 bridgehead atoms. The highest BCUT2D eigenvalue weighted by molar-refractivity contribution is 5.83. The van der Waals surface area contributed by atoms with Crippen LogP contribution in [0.4, 0.5) is 0 Å². The second-order valence-corrected chi connectivity index (χ2v) is 8.71. The number of H-pyrrole nitrogens is 1. The standard InChI is InChI=1S/C24H35N5O/c1-2-25-24(26-14-6-8-18-16-27-22-11-4-3-10-21(18)22)29-20-9-5-7-17(15-20)23(30)28-19-12-13-19/h3-4,10-11,16-17,19-20,27H,2,5-9,12-15H2,1H3,(H,28,30)(H2,25,26,29). The van der Waals surface area contributed by atoms with Gasteiger partial charge in [-0.2, -0.15) is 0 Å². The highest BCUT2D eigenvalue weighted by Crippen LogP contribution is 2.26. The molecule has 1 heterocycles. The quantitative estimate of drug-likeness (QED) is 0.306. The molecule has 0 radical (unpaired) electrons. The van der Waals surface area contributed by atoms with Crippen molar-refractivity contribution in [2.45, 2.75) is 70.4 Å². The highest BCUT2D eigenvalue weighted by atomic mass is 16.2. The molecule has 1 aromatic heterocycles. The van der Waals surface area contributed by atoms with Crippen molar-refractivity contribution >= 4 is 22.8 Å². The Balaban J connectivity index is 1.27. The summed E-state index contributed by atoms with van der Waals surface area (Å²) in [5.41, 5.74) is 2.55. The van der Waals surface area contributed by atoms with Gasteiger partial charge in [0.05, 0.1) is 0 Å². The van der Waals surface area contributed by atoms with Gasteiger partial charge < -0.3 is 20.9 Å². The number of hydrogen-bond acceptors (Lipinski definition) is 2. The maximum absolute atomic E-state index is 12.4. The van der Waals surface area contributed by atoms with Gasteiger partial charge in [0.25, 0.3) is 0 Å². The Bertz CT molecular complexity index is 869. The van der Waals surface area contributed by atoms with Crippen LogP contribution >= 0.6 is 0 Å². The summed E-state index contributed by atoms with van der Waals surface area (Å²) in [6.45, 7) is 3.72. The van der Waals surface area contributed by atoms with Crippen LogP contribution in [-0.4, -0.2) is 42.0 Å². The first-order valence-electron chi connectivity index (χ1n) is 11.6. The number of aliphatic imine (C=N–C) groups is 1. The Hall–Kier alpha value is -2.50. The van der Waals surface area contributed by atoms with Crippen molar-refractivity contribution in [2.24, 2.45) is 10.9 Å². The van der Waals surface area contributed by atoms with E-state index in [1.807, 2.05) is 0 Å². The van der Waals surface area contributed by atoms with Crippen LogP contribution in [0.5, 0.6) is 0 Å². The molecule has 0 spiro atoms. The molecule has 1 aromatic carbocycles. The maximum atomic E-state index is 12.4. The smallest absolute Gasteiger partial charge is 0.223 e. The van der Waals surface area contributed by atoms with E-state index >= 15 is 0 Å². The van der Waals surface area contributed by atoms with Gasteiger partial charge >= 0.3 is 0 Å². The molecule has 2 unspecified atom stereocenters. The molecule has 2 atom stereocenters. The zero-order chi connectivity index (χ0) is 20.8. The van der Waals surface area contributed by atoms with E-state index in [4.69, 9.17) is 4.99 Å². The van der Waals surface area contributed by atoms with Gasteiger partial charge in [0.15, 0.2) is 5.96 Å². The second kappa shape index (κ2) is 10.0. The minimum atomic E-state index is 0.140. The zero-order valence-electron chi connectivity index (χ0n) is 18.0. The summed E-state index contributed by atoms with van der Waals surface area (Å²) in [7, 11) is 0. The summed E-state index contributed by atoms with van der Waals surface area (Å²) in [5, 5.41) is 11.4. The van der Waals surface area contributed by atoms with Gasteiger partial charge in [0.2, 0.25) is 5.91 Å². The summed E-state index contributed by atoms with van der Waals surface area (Å²) in [5.74, 6) is 1.27. The number of nitrogens with zero attached hydrogens (tertiary/aromatic N) is 1. The predicted octanol–water partition coefficient (Wildman–Crippen LogP) is 3.49. The molecule has 30 heavy (non-hydrogen) atoms. The van der Waals surface area contributed by atoms with E-state index in [9.17, 15) is 4.79 Å². The number of carbonyl (C=O) groups is 1. The van der Waals surface area contributed by atoms with Gasteiger partial charge in [-0.1, -0.05) is 24.6 Å². The first-order chi connectivity index (χ1) is 14.7. The van der Waals surface area contributed by atoms with Crippen molar-refractivity contribution in [1.82, 2.24) is 20.9 Å². The lowest BCUT2D eigenvalue weighted by Gasteiger charge is -2.30. The molecular weight excluding hydrogens is 374 g/mol. The molecule has 2 aromatic rings. The summed E-state index contributed by atoms with van der Waals surface area (Å²) in [4.78, 5) is 20.6. The van der Waals surface area contributed by atoms with E-state index in [0.717, 1.165) is 70.4 Å². The second-order valence-electron chi connectivity index (χ2n) is 8.71. The number of aromatic amines is 1. The Morgan fingerprint density at radius 3 is 2.83 bits per heavy atom. The number of nitrogens with one attached hydrogen (secondary N) is 4. The molecule has 2 aliphatic rings. The third kappa shape index (κ3) is 5.55. The van der Waals surface area contributed by atoms with Crippen LogP contribution in [0, 0.1) is 5.92 Å². The number of rotatable bonds is 8. The number of benzene rings is 1.